The number of likely N-dealkylation sites (tertiary alicyclic amines) is 1. The molecule has 5 rings (SSSR count). The Morgan fingerprint density at radius 3 is 2.44 bits per heavy atom. The highest BCUT2D eigenvalue weighted by molar-refractivity contribution is 6.00. The number of fused-ring (bicyclic) bond motifs is 2. The molecule has 8 heteroatoms. The molecule has 0 aromatic heterocycles. The van der Waals surface area contributed by atoms with Gasteiger partial charge in [-0.3, -0.25) is 14.4 Å². The Bertz CT molecular complexity index is 1150. The fourth-order valence-electron chi connectivity index (χ4n) is 7.22. The van der Waals surface area contributed by atoms with Gasteiger partial charge >= 0.3 is 0 Å². The van der Waals surface area contributed by atoms with Gasteiger partial charge in [0.05, 0.1) is 17.4 Å². The molecule has 2 unspecified atom stereocenters. The van der Waals surface area contributed by atoms with E-state index in [-0.39, 0.29) is 36.9 Å². The monoisotopic (exact) mass is 535 g/mol. The minimum atomic E-state index is -1.25. The highest BCUT2D eigenvalue weighted by Gasteiger charge is 2.75. The smallest absolute Gasteiger partial charge is 0.249 e. The summed E-state index contributed by atoms with van der Waals surface area (Å²) in [7, 11) is 0. The Kier molecular flexibility index (Phi) is 7.71. The average Bonchev–Trinajstić information content (AvgIpc) is 3.22. The van der Waals surface area contributed by atoms with Gasteiger partial charge < -0.3 is 24.5 Å². The van der Waals surface area contributed by atoms with E-state index in [0.717, 1.165) is 18.4 Å². The Morgan fingerprint density at radius 1 is 1.00 bits per heavy atom. The van der Waals surface area contributed by atoms with Crippen molar-refractivity contribution >= 4 is 17.7 Å². The fourth-order valence-corrected chi connectivity index (χ4v) is 7.22. The van der Waals surface area contributed by atoms with E-state index in [9.17, 15) is 19.5 Å². The highest BCUT2D eigenvalue weighted by atomic mass is 16.5. The lowest BCUT2D eigenvalue weighted by molar-refractivity contribution is -0.155. The summed E-state index contributed by atoms with van der Waals surface area (Å²) in [4.78, 5) is 48.2. The number of nitrogens with zero attached hydrogens (tertiary/aromatic N) is 3. The van der Waals surface area contributed by atoms with E-state index in [1.165, 1.54) is 0 Å². The van der Waals surface area contributed by atoms with Crippen LogP contribution in [-0.4, -0.2) is 87.1 Å². The first-order chi connectivity index (χ1) is 18.8. The van der Waals surface area contributed by atoms with E-state index in [0.29, 0.717) is 32.5 Å². The van der Waals surface area contributed by atoms with Crippen molar-refractivity contribution in [1.29, 1.82) is 0 Å². The van der Waals surface area contributed by atoms with Gasteiger partial charge in [-0.2, -0.15) is 0 Å². The molecule has 6 atom stereocenters. The molecule has 0 aliphatic carbocycles. The van der Waals surface area contributed by atoms with Crippen LogP contribution in [0.4, 0.5) is 0 Å². The maximum absolute atomic E-state index is 14.4. The largest absolute Gasteiger partial charge is 0.396 e. The van der Waals surface area contributed by atoms with E-state index in [2.05, 4.69) is 6.92 Å². The lowest BCUT2D eigenvalue weighted by Crippen LogP contribution is -2.57. The quantitative estimate of drug-likeness (QED) is 0.491. The van der Waals surface area contributed by atoms with Crippen molar-refractivity contribution in [3.8, 4) is 0 Å². The zero-order valence-corrected chi connectivity index (χ0v) is 23.3. The molecular formula is C31H41N3O5. The molecule has 1 N–H and O–H groups in total. The third kappa shape index (κ3) is 4.42. The van der Waals surface area contributed by atoms with Crippen LogP contribution in [0.2, 0.25) is 0 Å². The van der Waals surface area contributed by atoms with Crippen LogP contribution in [0.5, 0.6) is 0 Å². The SMILES string of the molecule is CCCC(C)N1CC=C[C@]23O[C@]4(CC)C=CCN(Cc5ccccc5)C(=O)[C@@H]4[C@H]2C(=O)N(CCCO)C3C1=O. The third-order valence-corrected chi connectivity index (χ3v) is 9.07. The summed E-state index contributed by atoms with van der Waals surface area (Å²) in [6.45, 7) is 7.56. The maximum atomic E-state index is 14.4. The maximum Gasteiger partial charge on any atom is 0.249 e. The Labute approximate surface area is 231 Å². The molecule has 0 bridgehead atoms. The molecule has 210 valence electrons. The zero-order valence-electron chi connectivity index (χ0n) is 23.3. The van der Waals surface area contributed by atoms with Crippen molar-refractivity contribution in [2.24, 2.45) is 11.8 Å². The van der Waals surface area contributed by atoms with Crippen molar-refractivity contribution in [2.45, 2.75) is 76.3 Å². The molecule has 0 saturated carbocycles. The number of hydrogen-bond acceptors (Lipinski definition) is 5. The molecule has 8 nitrogen and oxygen atoms in total. The minimum absolute atomic E-state index is 0.00560. The molecule has 3 amide bonds. The van der Waals surface area contributed by atoms with Gasteiger partial charge in [-0.1, -0.05) is 74.9 Å². The molecule has 0 radical (unpaired) electrons. The van der Waals surface area contributed by atoms with Crippen LogP contribution in [-0.2, 0) is 25.7 Å². The number of ether oxygens (including phenoxy) is 1. The number of aliphatic hydroxyl groups is 1. The van der Waals surface area contributed by atoms with Gasteiger partial charge in [0.1, 0.15) is 11.6 Å². The van der Waals surface area contributed by atoms with Gasteiger partial charge in [0, 0.05) is 38.8 Å². The van der Waals surface area contributed by atoms with Crippen LogP contribution < -0.4 is 0 Å². The molecule has 1 spiro atoms. The number of aliphatic hydroxyl groups excluding tert-OH is 1. The van der Waals surface area contributed by atoms with Crippen LogP contribution in [0.15, 0.2) is 54.6 Å². The Morgan fingerprint density at radius 2 is 1.74 bits per heavy atom. The summed E-state index contributed by atoms with van der Waals surface area (Å²) in [6.07, 6.45) is 10.4. The topological polar surface area (TPSA) is 90.4 Å². The highest BCUT2D eigenvalue weighted by Crippen LogP contribution is 2.58. The molecular weight excluding hydrogens is 494 g/mol. The first-order valence-corrected chi connectivity index (χ1v) is 14.4. The second-order valence-corrected chi connectivity index (χ2v) is 11.4. The Balaban J connectivity index is 1.59. The van der Waals surface area contributed by atoms with Gasteiger partial charge in [-0.05, 0) is 31.7 Å². The van der Waals surface area contributed by atoms with Crippen molar-refractivity contribution in [2.75, 3.05) is 26.2 Å². The lowest BCUT2D eigenvalue weighted by Gasteiger charge is -2.39. The second kappa shape index (κ2) is 10.9. The van der Waals surface area contributed by atoms with Gasteiger partial charge in [0.2, 0.25) is 17.7 Å². The summed E-state index contributed by atoms with van der Waals surface area (Å²) in [5.74, 6) is -2.08. The number of benzene rings is 1. The fraction of sp³-hybridized carbons (Fsp3) is 0.581. The molecule has 4 heterocycles. The van der Waals surface area contributed by atoms with E-state index in [1.807, 2.05) is 73.4 Å². The average molecular weight is 536 g/mol. The Hall–Kier alpha value is -2.97. The number of hydrogen-bond donors (Lipinski definition) is 1. The molecule has 2 fully saturated rings. The van der Waals surface area contributed by atoms with E-state index in [1.54, 1.807) is 9.80 Å². The number of carbonyl (C=O) groups is 3. The number of rotatable bonds is 9. The third-order valence-electron chi connectivity index (χ3n) is 9.07. The van der Waals surface area contributed by atoms with Crippen LogP contribution in [0.1, 0.15) is 52.0 Å². The molecule has 2 saturated heterocycles. The molecule has 1 aromatic rings. The van der Waals surface area contributed by atoms with E-state index < -0.39 is 29.1 Å². The molecule has 4 aliphatic heterocycles. The van der Waals surface area contributed by atoms with Crippen molar-refractivity contribution < 1.29 is 24.2 Å². The van der Waals surface area contributed by atoms with E-state index >= 15 is 0 Å². The van der Waals surface area contributed by atoms with Crippen molar-refractivity contribution in [1.82, 2.24) is 14.7 Å². The normalized spacial score (nSPS) is 32.7. The summed E-state index contributed by atoms with van der Waals surface area (Å²) < 4.78 is 6.99. The predicted molar refractivity (Wildman–Crippen MR) is 147 cm³/mol. The number of carbonyl (C=O) groups excluding carboxylic acids is 3. The summed E-state index contributed by atoms with van der Waals surface area (Å²) in [5, 5.41) is 9.61. The second-order valence-electron chi connectivity index (χ2n) is 11.4. The minimum Gasteiger partial charge on any atom is -0.396 e. The summed E-state index contributed by atoms with van der Waals surface area (Å²) >= 11 is 0. The first-order valence-electron chi connectivity index (χ1n) is 14.4. The predicted octanol–water partition coefficient (Wildman–Crippen LogP) is 2.92. The van der Waals surface area contributed by atoms with E-state index in [4.69, 9.17) is 4.74 Å². The van der Waals surface area contributed by atoms with Crippen LogP contribution in [0.25, 0.3) is 0 Å². The molecule has 39 heavy (non-hydrogen) atoms. The van der Waals surface area contributed by atoms with Crippen molar-refractivity contribution in [3.05, 3.63) is 60.2 Å². The van der Waals surface area contributed by atoms with Crippen LogP contribution in [0.3, 0.4) is 0 Å². The zero-order chi connectivity index (χ0) is 27.8. The summed E-state index contributed by atoms with van der Waals surface area (Å²) in [6, 6.07) is 8.97. The summed E-state index contributed by atoms with van der Waals surface area (Å²) in [5.41, 5.74) is -1.22. The van der Waals surface area contributed by atoms with Gasteiger partial charge in [-0.25, -0.2) is 0 Å². The molecule has 1 aromatic carbocycles. The van der Waals surface area contributed by atoms with Crippen LogP contribution in [0, 0.1) is 11.8 Å². The van der Waals surface area contributed by atoms with Gasteiger partial charge in [-0.15, -0.1) is 0 Å². The van der Waals surface area contributed by atoms with Gasteiger partial charge in [0.15, 0.2) is 0 Å². The first kappa shape index (κ1) is 27.6. The lowest BCUT2D eigenvalue weighted by atomic mass is 9.73. The van der Waals surface area contributed by atoms with Crippen molar-refractivity contribution in [3.63, 3.8) is 0 Å². The number of amides is 3. The van der Waals surface area contributed by atoms with Crippen LogP contribution >= 0.6 is 0 Å². The molecule has 4 aliphatic rings. The standard InChI is InChI=1S/C31H41N3O5/c1-4-12-22(3)33-18-10-16-31-25(28(37)34(19-11-20-35)26(31)29(33)38)24-27(36)32(21-23-13-7-6-8-14-23)17-9-15-30(24,5-2)39-31/h6-10,13-16,22,24-26,35H,4-5,11-12,17-21H2,1-3H3/t22?,24-,25-,26?,30+,31-/m0/s1. The van der Waals surface area contributed by atoms with Gasteiger partial charge in [0.25, 0.3) is 0 Å².